The molecule has 0 unspecified atom stereocenters. The summed E-state index contributed by atoms with van der Waals surface area (Å²) in [6.07, 6.45) is 5.01. The molecule has 1 N–H and O–H groups in total. The highest BCUT2D eigenvalue weighted by molar-refractivity contribution is 5.95. The minimum Gasteiger partial charge on any atom is -0.452 e. The van der Waals surface area contributed by atoms with Crippen molar-refractivity contribution in [3.8, 4) is 0 Å². The molecule has 0 spiro atoms. The van der Waals surface area contributed by atoms with Crippen molar-refractivity contribution in [2.75, 3.05) is 13.2 Å². The molecule has 1 aliphatic heterocycles. The number of benzene rings is 1. The maximum Gasteiger partial charge on any atom is 0.338 e. The summed E-state index contributed by atoms with van der Waals surface area (Å²) in [5.74, 6) is -0.179. The molecule has 2 aromatic rings. The summed E-state index contributed by atoms with van der Waals surface area (Å²) in [5.41, 5.74) is 0.716. The summed E-state index contributed by atoms with van der Waals surface area (Å²) >= 11 is 0. The van der Waals surface area contributed by atoms with Gasteiger partial charge >= 0.3 is 5.97 Å². The minimum absolute atomic E-state index is 0.0610. The van der Waals surface area contributed by atoms with E-state index in [2.05, 4.69) is 10.3 Å². The molecule has 1 aromatic carbocycles. The van der Waals surface area contributed by atoms with Crippen LogP contribution < -0.4 is 10.9 Å². The van der Waals surface area contributed by atoms with Crippen molar-refractivity contribution in [3.05, 3.63) is 39.9 Å². The lowest BCUT2D eigenvalue weighted by atomic mass is 10.1. The van der Waals surface area contributed by atoms with Crippen LogP contribution in [0.25, 0.3) is 10.9 Å². The average Bonchev–Trinajstić information content (AvgIpc) is 2.61. The van der Waals surface area contributed by atoms with Crippen LogP contribution in [0.5, 0.6) is 0 Å². The minimum atomic E-state index is -0.605. The normalized spacial score (nSPS) is 14.2. The molecule has 1 aliphatic rings. The second-order valence-electron chi connectivity index (χ2n) is 6.41. The van der Waals surface area contributed by atoms with Gasteiger partial charge in [-0.1, -0.05) is 12.8 Å². The number of hydrogen-bond donors (Lipinski definition) is 1. The van der Waals surface area contributed by atoms with Crippen molar-refractivity contribution in [2.45, 2.75) is 45.6 Å². The third kappa shape index (κ3) is 3.92. The van der Waals surface area contributed by atoms with E-state index in [9.17, 15) is 14.4 Å². The average molecular weight is 357 g/mol. The van der Waals surface area contributed by atoms with E-state index >= 15 is 0 Å². The van der Waals surface area contributed by atoms with Crippen LogP contribution in [0.4, 0.5) is 0 Å². The van der Waals surface area contributed by atoms with E-state index < -0.39 is 5.97 Å². The number of hydrogen-bond acceptors (Lipinski definition) is 5. The Morgan fingerprint density at radius 1 is 1.23 bits per heavy atom. The van der Waals surface area contributed by atoms with E-state index in [1.807, 2.05) is 0 Å². The van der Waals surface area contributed by atoms with Crippen molar-refractivity contribution in [3.63, 3.8) is 0 Å². The summed E-state index contributed by atoms with van der Waals surface area (Å²) in [4.78, 5) is 41.0. The molecule has 0 atom stereocenters. The molecule has 7 nitrogen and oxygen atoms in total. The Labute approximate surface area is 151 Å². The SMILES string of the molecule is CCNC(=O)COC(=O)c1ccc2c(=O)n3c(nc2c1)CCCCCC3. The predicted octanol–water partition coefficient (Wildman–Crippen LogP) is 1.81. The molecule has 0 saturated heterocycles. The molecule has 0 bridgehead atoms. The molecule has 0 saturated carbocycles. The highest BCUT2D eigenvalue weighted by atomic mass is 16.5. The number of nitrogens with zero attached hydrogens (tertiary/aromatic N) is 2. The van der Waals surface area contributed by atoms with Gasteiger partial charge in [-0.25, -0.2) is 9.78 Å². The Kier molecular flexibility index (Phi) is 5.65. The lowest BCUT2D eigenvalue weighted by Crippen LogP contribution is -2.28. The summed E-state index contributed by atoms with van der Waals surface area (Å²) in [5, 5.41) is 3.06. The highest BCUT2D eigenvalue weighted by Gasteiger charge is 2.16. The second kappa shape index (κ2) is 8.12. The molecule has 2 heterocycles. The van der Waals surface area contributed by atoms with Crippen molar-refractivity contribution < 1.29 is 14.3 Å². The number of fused-ring (bicyclic) bond motifs is 2. The zero-order valence-corrected chi connectivity index (χ0v) is 14.9. The lowest BCUT2D eigenvalue weighted by molar-refractivity contribution is -0.124. The number of aromatic nitrogens is 2. The van der Waals surface area contributed by atoms with Crippen LogP contribution in [-0.4, -0.2) is 34.6 Å². The molecular weight excluding hydrogens is 334 g/mol. The van der Waals surface area contributed by atoms with Crippen LogP contribution in [0.15, 0.2) is 23.0 Å². The van der Waals surface area contributed by atoms with Gasteiger partial charge < -0.3 is 10.1 Å². The first-order valence-electron chi connectivity index (χ1n) is 9.07. The zero-order chi connectivity index (χ0) is 18.5. The van der Waals surface area contributed by atoms with Crippen LogP contribution in [0, 0.1) is 0 Å². The number of rotatable bonds is 4. The summed E-state index contributed by atoms with van der Waals surface area (Å²) in [6.45, 7) is 2.63. The first-order valence-corrected chi connectivity index (χ1v) is 9.07. The van der Waals surface area contributed by atoms with Gasteiger partial charge in [-0.3, -0.25) is 14.2 Å². The fourth-order valence-electron chi connectivity index (χ4n) is 3.18. The smallest absolute Gasteiger partial charge is 0.338 e. The molecular formula is C19H23N3O4. The molecule has 0 aliphatic carbocycles. The second-order valence-corrected chi connectivity index (χ2v) is 6.41. The fraction of sp³-hybridized carbons (Fsp3) is 0.474. The summed E-state index contributed by atoms with van der Waals surface area (Å²) < 4.78 is 6.77. The molecule has 0 fully saturated rings. The summed E-state index contributed by atoms with van der Waals surface area (Å²) in [7, 11) is 0. The van der Waals surface area contributed by atoms with Gasteiger partial charge in [0.1, 0.15) is 5.82 Å². The van der Waals surface area contributed by atoms with Crippen LogP contribution >= 0.6 is 0 Å². The molecule has 1 amide bonds. The van der Waals surface area contributed by atoms with Crippen LogP contribution in [0.3, 0.4) is 0 Å². The topological polar surface area (TPSA) is 90.3 Å². The number of likely N-dealkylation sites (N-methyl/N-ethyl adjacent to an activating group) is 1. The third-order valence-corrected chi connectivity index (χ3v) is 4.51. The quantitative estimate of drug-likeness (QED) is 0.843. The molecule has 1 aromatic heterocycles. The Bertz CT molecular complexity index is 888. The molecule has 26 heavy (non-hydrogen) atoms. The van der Waals surface area contributed by atoms with Crippen molar-refractivity contribution in [2.24, 2.45) is 0 Å². The van der Waals surface area contributed by atoms with E-state index in [4.69, 9.17) is 4.74 Å². The number of nitrogens with one attached hydrogen (secondary N) is 1. The Morgan fingerprint density at radius 3 is 2.85 bits per heavy atom. The standard InChI is InChI=1S/C19H23N3O4/c1-2-20-17(23)12-26-19(25)13-8-9-14-15(11-13)21-16-7-5-3-4-6-10-22(16)18(14)24/h8-9,11H,2-7,10,12H2,1H3,(H,20,23). The number of amides is 1. The van der Waals surface area contributed by atoms with Gasteiger partial charge in [0, 0.05) is 19.5 Å². The van der Waals surface area contributed by atoms with Gasteiger partial charge in [0.05, 0.1) is 16.5 Å². The van der Waals surface area contributed by atoms with Gasteiger partial charge in [0.15, 0.2) is 6.61 Å². The molecule has 7 heteroatoms. The van der Waals surface area contributed by atoms with Crippen molar-refractivity contribution in [1.82, 2.24) is 14.9 Å². The number of esters is 1. The van der Waals surface area contributed by atoms with Crippen LogP contribution in [0.1, 0.15) is 48.8 Å². The van der Waals surface area contributed by atoms with Gasteiger partial charge in [0.2, 0.25) is 0 Å². The number of ether oxygens (including phenoxy) is 1. The van der Waals surface area contributed by atoms with Crippen LogP contribution in [-0.2, 0) is 22.5 Å². The first-order chi connectivity index (χ1) is 12.6. The van der Waals surface area contributed by atoms with Crippen LogP contribution in [0.2, 0.25) is 0 Å². The largest absolute Gasteiger partial charge is 0.452 e. The number of carbonyl (C=O) groups is 2. The Balaban J connectivity index is 1.88. The predicted molar refractivity (Wildman–Crippen MR) is 97.1 cm³/mol. The first kappa shape index (κ1) is 18.1. The Hall–Kier alpha value is -2.70. The van der Waals surface area contributed by atoms with E-state index in [-0.39, 0.29) is 23.6 Å². The maximum atomic E-state index is 12.8. The van der Waals surface area contributed by atoms with Gasteiger partial charge in [-0.15, -0.1) is 0 Å². The van der Waals surface area contributed by atoms with E-state index in [1.165, 1.54) is 0 Å². The summed E-state index contributed by atoms with van der Waals surface area (Å²) in [6, 6.07) is 4.72. The third-order valence-electron chi connectivity index (χ3n) is 4.51. The molecule has 3 rings (SSSR count). The Morgan fingerprint density at radius 2 is 2.04 bits per heavy atom. The van der Waals surface area contributed by atoms with Gasteiger partial charge in [-0.05, 0) is 38.0 Å². The van der Waals surface area contributed by atoms with E-state index in [1.54, 1.807) is 29.7 Å². The molecule has 138 valence electrons. The monoisotopic (exact) mass is 357 g/mol. The lowest BCUT2D eigenvalue weighted by Gasteiger charge is -2.16. The van der Waals surface area contributed by atoms with Gasteiger partial charge in [0.25, 0.3) is 11.5 Å². The van der Waals surface area contributed by atoms with Gasteiger partial charge in [-0.2, -0.15) is 0 Å². The van der Waals surface area contributed by atoms with E-state index in [0.29, 0.717) is 24.0 Å². The van der Waals surface area contributed by atoms with E-state index in [0.717, 1.165) is 37.9 Å². The number of aryl methyl sites for hydroxylation is 1. The fourth-order valence-corrected chi connectivity index (χ4v) is 3.18. The molecule has 0 radical (unpaired) electrons. The van der Waals surface area contributed by atoms with Crippen molar-refractivity contribution in [1.29, 1.82) is 0 Å². The highest BCUT2D eigenvalue weighted by Crippen LogP contribution is 2.16. The maximum absolute atomic E-state index is 12.8. The van der Waals surface area contributed by atoms with Crippen molar-refractivity contribution >= 4 is 22.8 Å². The zero-order valence-electron chi connectivity index (χ0n) is 14.9. The number of carbonyl (C=O) groups excluding carboxylic acids is 2.